The van der Waals surface area contributed by atoms with Crippen LogP contribution in [0.1, 0.15) is 30.0 Å². The largest absolute Gasteiger partial charge is 0.495 e. The number of ether oxygens (including phenoxy) is 1. The molecule has 1 heterocycles. The van der Waals surface area contributed by atoms with Gasteiger partial charge in [-0.15, -0.1) is 0 Å². The molecular formula is C24H33N4O3+. The summed E-state index contributed by atoms with van der Waals surface area (Å²) in [7, 11) is 5.56. The smallest absolute Gasteiger partial charge is 0.313 e. The lowest BCUT2D eigenvalue weighted by atomic mass is 10.0. The molecule has 7 heteroatoms. The second kappa shape index (κ2) is 10.3. The third-order valence-electron chi connectivity index (χ3n) is 5.83. The van der Waals surface area contributed by atoms with E-state index in [9.17, 15) is 9.59 Å². The molecule has 1 aliphatic heterocycles. The Balaban J connectivity index is 1.67. The Bertz CT molecular complexity index is 906. The van der Waals surface area contributed by atoms with Crippen LogP contribution in [0.25, 0.3) is 0 Å². The number of likely N-dealkylation sites (tertiary alicyclic amines) is 1. The predicted octanol–water partition coefficient (Wildman–Crippen LogP) is 1.54. The average Bonchev–Trinajstić information content (AvgIpc) is 3.29. The van der Waals surface area contributed by atoms with Crippen LogP contribution in [-0.2, 0) is 9.59 Å². The zero-order valence-electron chi connectivity index (χ0n) is 18.8. The molecule has 166 valence electrons. The average molecular weight is 426 g/mol. The van der Waals surface area contributed by atoms with E-state index in [2.05, 4.69) is 39.8 Å². The predicted molar refractivity (Wildman–Crippen MR) is 123 cm³/mol. The van der Waals surface area contributed by atoms with Crippen molar-refractivity contribution in [1.29, 1.82) is 0 Å². The lowest BCUT2D eigenvalue weighted by molar-refractivity contribution is -0.918. The maximum Gasteiger partial charge on any atom is 0.313 e. The highest BCUT2D eigenvalue weighted by molar-refractivity contribution is 6.39. The summed E-state index contributed by atoms with van der Waals surface area (Å²) in [5, 5.41) is 5.51. The highest BCUT2D eigenvalue weighted by Crippen LogP contribution is 2.25. The molecule has 3 N–H and O–H groups in total. The van der Waals surface area contributed by atoms with Crippen LogP contribution in [0.4, 0.5) is 11.4 Å². The topological polar surface area (TPSA) is 75.1 Å². The van der Waals surface area contributed by atoms with E-state index in [4.69, 9.17) is 4.74 Å². The molecule has 2 aromatic carbocycles. The van der Waals surface area contributed by atoms with Gasteiger partial charge >= 0.3 is 11.8 Å². The molecule has 0 bridgehead atoms. The zero-order chi connectivity index (χ0) is 22.4. The van der Waals surface area contributed by atoms with Crippen molar-refractivity contribution in [3.05, 3.63) is 53.6 Å². The van der Waals surface area contributed by atoms with Gasteiger partial charge in [0.15, 0.2) is 0 Å². The summed E-state index contributed by atoms with van der Waals surface area (Å²) in [6, 6.07) is 14.0. The van der Waals surface area contributed by atoms with E-state index >= 15 is 0 Å². The van der Waals surface area contributed by atoms with Crippen LogP contribution in [-0.4, -0.2) is 52.7 Å². The molecule has 7 nitrogen and oxygen atoms in total. The van der Waals surface area contributed by atoms with E-state index in [0.29, 0.717) is 18.0 Å². The number of anilines is 2. The quantitative estimate of drug-likeness (QED) is 0.589. The third-order valence-corrected chi connectivity index (χ3v) is 5.83. The Labute approximate surface area is 184 Å². The van der Waals surface area contributed by atoms with Gasteiger partial charge in [0.05, 0.1) is 32.4 Å². The normalized spacial score (nSPS) is 14.7. The molecule has 0 radical (unpaired) electrons. The van der Waals surface area contributed by atoms with Gasteiger partial charge in [-0.05, 0) is 36.8 Å². The van der Waals surface area contributed by atoms with Crippen molar-refractivity contribution >= 4 is 23.2 Å². The molecular weight excluding hydrogens is 392 g/mol. The van der Waals surface area contributed by atoms with Crippen molar-refractivity contribution in [2.45, 2.75) is 25.8 Å². The summed E-state index contributed by atoms with van der Waals surface area (Å²) in [5.41, 5.74) is 3.76. The van der Waals surface area contributed by atoms with Gasteiger partial charge in [0.1, 0.15) is 11.8 Å². The summed E-state index contributed by atoms with van der Waals surface area (Å²) in [4.78, 5) is 28.5. The van der Waals surface area contributed by atoms with Crippen LogP contribution < -0.4 is 25.2 Å². The summed E-state index contributed by atoms with van der Waals surface area (Å²) in [6.45, 7) is 4.47. The van der Waals surface area contributed by atoms with Gasteiger partial charge in [-0.25, -0.2) is 0 Å². The lowest BCUT2D eigenvalue weighted by Gasteiger charge is -2.25. The number of carbonyl (C=O) groups excluding carboxylic acids is 2. The van der Waals surface area contributed by atoms with Crippen molar-refractivity contribution in [1.82, 2.24) is 5.32 Å². The van der Waals surface area contributed by atoms with Crippen LogP contribution in [0.2, 0.25) is 0 Å². The lowest BCUT2D eigenvalue weighted by Crippen LogP contribution is -3.11. The SMILES string of the molecule is COc1ccc(C)cc1NC(=O)C(=O)NC[C@@H](c1ccc(N(C)C)cc1)[NH+]1CCCC1. The summed E-state index contributed by atoms with van der Waals surface area (Å²) < 4.78 is 5.28. The summed E-state index contributed by atoms with van der Waals surface area (Å²) in [5.74, 6) is -0.814. The van der Waals surface area contributed by atoms with Gasteiger partial charge in [-0.1, -0.05) is 18.2 Å². The van der Waals surface area contributed by atoms with Gasteiger partial charge in [0, 0.05) is 38.2 Å². The van der Waals surface area contributed by atoms with Crippen LogP contribution in [0.15, 0.2) is 42.5 Å². The van der Waals surface area contributed by atoms with Crippen LogP contribution in [0.5, 0.6) is 5.75 Å². The Morgan fingerprint density at radius 1 is 1.06 bits per heavy atom. The van der Waals surface area contributed by atoms with E-state index in [1.165, 1.54) is 30.4 Å². The maximum atomic E-state index is 12.5. The Morgan fingerprint density at radius 2 is 1.74 bits per heavy atom. The number of nitrogens with zero attached hydrogens (tertiary/aromatic N) is 1. The molecule has 3 rings (SSSR count). The van der Waals surface area contributed by atoms with Gasteiger partial charge in [0.2, 0.25) is 0 Å². The molecule has 1 saturated heterocycles. The number of carbonyl (C=O) groups is 2. The van der Waals surface area contributed by atoms with Crippen molar-refractivity contribution in [2.24, 2.45) is 0 Å². The van der Waals surface area contributed by atoms with Gasteiger partial charge in [0.25, 0.3) is 0 Å². The first-order valence-corrected chi connectivity index (χ1v) is 10.7. The van der Waals surface area contributed by atoms with Crippen LogP contribution >= 0.6 is 0 Å². The van der Waals surface area contributed by atoms with E-state index < -0.39 is 11.8 Å². The molecule has 0 spiro atoms. The number of nitrogens with one attached hydrogen (secondary N) is 3. The minimum Gasteiger partial charge on any atom is -0.495 e. The highest BCUT2D eigenvalue weighted by atomic mass is 16.5. The number of amides is 2. The second-order valence-electron chi connectivity index (χ2n) is 8.27. The first-order chi connectivity index (χ1) is 14.9. The molecule has 0 aliphatic carbocycles. The van der Waals surface area contributed by atoms with E-state index in [1.54, 1.807) is 12.1 Å². The minimum absolute atomic E-state index is 0.115. The summed E-state index contributed by atoms with van der Waals surface area (Å²) >= 11 is 0. The molecule has 1 fully saturated rings. The first-order valence-electron chi connectivity index (χ1n) is 10.7. The van der Waals surface area contributed by atoms with Crippen LogP contribution in [0.3, 0.4) is 0 Å². The van der Waals surface area contributed by atoms with Crippen LogP contribution in [0, 0.1) is 6.92 Å². The number of hydrogen-bond donors (Lipinski definition) is 3. The maximum absolute atomic E-state index is 12.5. The molecule has 0 aromatic heterocycles. The van der Waals surface area contributed by atoms with Gasteiger partial charge in [-0.3, -0.25) is 9.59 Å². The van der Waals surface area contributed by atoms with E-state index in [1.807, 2.05) is 27.1 Å². The molecule has 2 amide bonds. The van der Waals surface area contributed by atoms with Crippen molar-refractivity contribution in [3.8, 4) is 5.75 Å². The molecule has 0 unspecified atom stereocenters. The fraction of sp³-hybridized carbons (Fsp3) is 0.417. The van der Waals surface area contributed by atoms with Crippen molar-refractivity contribution in [2.75, 3.05) is 51.1 Å². The fourth-order valence-corrected chi connectivity index (χ4v) is 4.05. The molecule has 1 atom stereocenters. The number of benzene rings is 2. The molecule has 1 aliphatic rings. The first kappa shape index (κ1) is 22.6. The summed E-state index contributed by atoms with van der Waals surface area (Å²) in [6.07, 6.45) is 2.37. The number of quaternary nitrogens is 1. The van der Waals surface area contributed by atoms with Crippen molar-refractivity contribution in [3.63, 3.8) is 0 Å². The number of rotatable bonds is 7. The highest BCUT2D eigenvalue weighted by Gasteiger charge is 2.28. The third kappa shape index (κ3) is 5.76. The van der Waals surface area contributed by atoms with Crippen molar-refractivity contribution < 1.29 is 19.2 Å². The Hall–Kier alpha value is -3.06. The Kier molecular flexibility index (Phi) is 7.52. The number of methoxy groups -OCH3 is 1. The Morgan fingerprint density at radius 3 is 2.35 bits per heavy atom. The number of hydrogen-bond acceptors (Lipinski definition) is 4. The zero-order valence-corrected chi connectivity index (χ0v) is 18.8. The molecule has 0 saturated carbocycles. The van der Waals surface area contributed by atoms with E-state index in [-0.39, 0.29) is 6.04 Å². The minimum atomic E-state index is -0.693. The molecule has 31 heavy (non-hydrogen) atoms. The van der Waals surface area contributed by atoms with Gasteiger partial charge in [-0.2, -0.15) is 0 Å². The van der Waals surface area contributed by atoms with E-state index in [0.717, 1.165) is 24.3 Å². The monoisotopic (exact) mass is 425 g/mol. The second-order valence-corrected chi connectivity index (χ2v) is 8.27. The van der Waals surface area contributed by atoms with Gasteiger partial charge < -0.3 is 25.2 Å². The standard InChI is InChI=1S/C24H32N4O3/c1-17-7-12-22(31-4)20(15-17)26-24(30)23(29)25-16-21(28-13-5-6-14-28)18-8-10-19(11-9-18)27(2)3/h7-12,15,21H,5-6,13-14,16H2,1-4H3,(H,25,29)(H,26,30)/p+1/t21-/m0/s1. The fourth-order valence-electron chi connectivity index (χ4n) is 4.05. The number of aryl methyl sites for hydroxylation is 1. The molecule has 2 aromatic rings.